The topological polar surface area (TPSA) is 90.5 Å². The summed E-state index contributed by atoms with van der Waals surface area (Å²) in [5.74, 6) is -0.318. The predicted octanol–water partition coefficient (Wildman–Crippen LogP) is 1.60. The lowest BCUT2D eigenvalue weighted by atomic mass is 9.78. The molecule has 1 fully saturated rings. The van der Waals surface area contributed by atoms with Crippen LogP contribution in [0, 0.1) is 11.8 Å². The van der Waals surface area contributed by atoms with E-state index in [0.29, 0.717) is 28.1 Å². The van der Waals surface area contributed by atoms with Gasteiger partial charge in [-0.05, 0) is 42.6 Å². The molecule has 1 aromatic carbocycles. The summed E-state index contributed by atoms with van der Waals surface area (Å²) >= 11 is 5.25. The van der Waals surface area contributed by atoms with Gasteiger partial charge < -0.3 is 5.32 Å². The zero-order valence-corrected chi connectivity index (χ0v) is 16.3. The van der Waals surface area contributed by atoms with E-state index in [4.69, 9.17) is 12.2 Å². The molecule has 8 heteroatoms. The molecule has 3 amide bonds. The van der Waals surface area contributed by atoms with Crippen LogP contribution in [0.5, 0.6) is 0 Å². The van der Waals surface area contributed by atoms with Gasteiger partial charge >= 0.3 is 0 Å². The number of nitrogens with one attached hydrogen (secondary N) is 3. The van der Waals surface area contributed by atoms with Crippen LogP contribution < -0.4 is 16.2 Å². The van der Waals surface area contributed by atoms with Gasteiger partial charge in [0.05, 0.1) is 11.1 Å². The van der Waals surface area contributed by atoms with Crippen LogP contribution in [0.3, 0.4) is 0 Å². The molecule has 0 saturated heterocycles. The van der Waals surface area contributed by atoms with Crippen molar-refractivity contribution in [3.63, 3.8) is 0 Å². The highest BCUT2D eigenvalue weighted by Gasteiger charge is 2.36. The molecule has 3 rings (SSSR count). The summed E-state index contributed by atoms with van der Waals surface area (Å²) < 4.78 is 0. The smallest absolute Gasteiger partial charge is 0.262 e. The van der Waals surface area contributed by atoms with E-state index in [1.165, 1.54) is 6.42 Å². The van der Waals surface area contributed by atoms with E-state index in [2.05, 4.69) is 30.0 Å². The van der Waals surface area contributed by atoms with E-state index in [9.17, 15) is 14.4 Å². The van der Waals surface area contributed by atoms with Gasteiger partial charge in [-0.25, -0.2) is 0 Å². The van der Waals surface area contributed by atoms with Crippen molar-refractivity contribution in [3.8, 4) is 0 Å². The number of hydrazine groups is 1. The van der Waals surface area contributed by atoms with Crippen LogP contribution in [-0.4, -0.2) is 40.3 Å². The molecule has 0 radical (unpaired) electrons. The third kappa shape index (κ3) is 4.10. The molecule has 1 aromatic rings. The molecular weight excluding hydrogens is 364 g/mol. The van der Waals surface area contributed by atoms with Gasteiger partial charge in [-0.3, -0.25) is 30.1 Å². The number of thiocarbonyl (C=S) groups is 1. The van der Waals surface area contributed by atoms with Crippen LogP contribution in [0.15, 0.2) is 24.3 Å². The highest BCUT2D eigenvalue weighted by Crippen LogP contribution is 2.29. The Hall–Kier alpha value is -2.48. The molecule has 1 heterocycles. The lowest BCUT2D eigenvalue weighted by Gasteiger charge is -2.35. The third-order valence-electron chi connectivity index (χ3n) is 5.52. The van der Waals surface area contributed by atoms with E-state index >= 15 is 0 Å². The second-order valence-corrected chi connectivity index (χ2v) is 7.67. The number of carbonyl (C=O) groups is 3. The van der Waals surface area contributed by atoms with Gasteiger partial charge in [0.25, 0.3) is 17.7 Å². The number of hydrogen-bond donors (Lipinski definition) is 3. The number of imide groups is 1. The Morgan fingerprint density at radius 2 is 1.74 bits per heavy atom. The maximum absolute atomic E-state index is 12.3. The predicted molar refractivity (Wildman–Crippen MR) is 105 cm³/mol. The SMILES string of the molecule is C[C@@H]1[C@H](C)CCC[C@H]1NC(=S)NNC(=O)CN1C(=O)c2ccccc2C1=O. The van der Waals surface area contributed by atoms with E-state index in [0.717, 1.165) is 17.7 Å². The fourth-order valence-electron chi connectivity index (χ4n) is 3.68. The Balaban J connectivity index is 1.48. The second-order valence-electron chi connectivity index (χ2n) is 7.26. The molecule has 0 spiro atoms. The van der Waals surface area contributed by atoms with Crippen LogP contribution in [0.2, 0.25) is 0 Å². The average Bonchev–Trinajstić information content (AvgIpc) is 2.89. The van der Waals surface area contributed by atoms with Crippen molar-refractivity contribution in [2.75, 3.05) is 6.54 Å². The largest absolute Gasteiger partial charge is 0.358 e. The first-order chi connectivity index (χ1) is 12.9. The minimum absolute atomic E-state index is 0.266. The molecule has 1 saturated carbocycles. The summed E-state index contributed by atoms with van der Waals surface area (Å²) in [6.07, 6.45) is 3.41. The van der Waals surface area contributed by atoms with Crippen LogP contribution in [0.4, 0.5) is 0 Å². The summed E-state index contributed by atoms with van der Waals surface area (Å²) in [6, 6.07) is 6.80. The fraction of sp³-hybridized carbons (Fsp3) is 0.474. The Kier molecular flexibility index (Phi) is 5.74. The van der Waals surface area contributed by atoms with E-state index in [-0.39, 0.29) is 12.6 Å². The van der Waals surface area contributed by atoms with Crippen molar-refractivity contribution in [2.45, 2.75) is 39.2 Å². The van der Waals surface area contributed by atoms with E-state index < -0.39 is 17.7 Å². The third-order valence-corrected chi connectivity index (χ3v) is 5.74. The molecule has 0 aromatic heterocycles. The van der Waals surface area contributed by atoms with Gasteiger partial charge in [-0.1, -0.05) is 38.8 Å². The summed E-state index contributed by atoms with van der Waals surface area (Å²) in [4.78, 5) is 37.6. The molecular formula is C19H24N4O3S. The first-order valence-corrected chi connectivity index (χ1v) is 9.60. The number of amides is 3. The van der Waals surface area contributed by atoms with Crippen molar-refractivity contribution < 1.29 is 14.4 Å². The number of hydrogen-bond acceptors (Lipinski definition) is 4. The highest BCUT2D eigenvalue weighted by atomic mass is 32.1. The molecule has 1 aliphatic carbocycles. The van der Waals surface area contributed by atoms with Gasteiger partial charge in [0.15, 0.2) is 5.11 Å². The Bertz CT molecular complexity index is 747. The standard InChI is InChI=1S/C19H24N4O3S/c1-11-6-5-9-15(12(11)2)20-19(27)22-21-16(24)10-23-17(25)13-7-3-4-8-14(13)18(23)26/h3-4,7-8,11-12,15H,5-6,9-10H2,1-2H3,(H,21,24)(H2,20,22,27)/t11-,12-,15-/m1/s1. The molecule has 0 bridgehead atoms. The van der Waals surface area contributed by atoms with Crippen LogP contribution in [-0.2, 0) is 4.79 Å². The molecule has 0 unspecified atom stereocenters. The normalized spacial score (nSPS) is 24.4. The molecule has 144 valence electrons. The number of nitrogens with zero attached hydrogens (tertiary/aromatic N) is 1. The van der Waals surface area contributed by atoms with Crippen molar-refractivity contribution in [2.24, 2.45) is 11.8 Å². The number of fused-ring (bicyclic) bond motifs is 1. The van der Waals surface area contributed by atoms with Crippen molar-refractivity contribution in [3.05, 3.63) is 35.4 Å². The summed E-state index contributed by atoms with van der Waals surface area (Å²) in [5.41, 5.74) is 5.76. The monoisotopic (exact) mass is 388 g/mol. The first-order valence-electron chi connectivity index (χ1n) is 9.19. The number of carbonyl (C=O) groups excluding carboxylic acids is 3. The fourth-order valence-corrected chi connectivity index (χ4v) is 3.88. The van der Waals surface area contributed by atoms with Gasteiger partial charge in [-0.2, -0.15) is 0 Å². The Morgan fingerprint density at radius 3 is 2.37 bits per heavy atom. The van der Waals surface area contributed by atoms with E-state index in [1.807, 2.05) is 0 Å². The zero-order valence-electron chi connectivity index (χ0n) is 15.5. The lowest BCUT2D eigenvalue weighted by Crippen LogP contribution is -2.54. The molecule has 2 aliphatic rings. The van der Waals surface area contributed by atoms with E-state index in [1.54, 1.807) is 24.3 Å². The van der Waals surface area contributed by atoms with Crippen molar-refractivity contribution in [1.29, 1.82) is 0 Å². The lowest BCUT2D eigenvalue weighted by molar-refractivity contribution is -0.122. The van der Waals surface area contributed by atoms with Gasteiger partial charge in [0, 0.05) is 6.04 Å². The number of benzene rings is 1. The van der Waals surface area contributed by atoms with Gasteiger partial charge in [0.1, 0.15) is 6.54 Å². The summed E-state index contributed by atoms with van der Waals surface area (Å²) in [7, 11) is 0. The molecule has 3 N–H and O–H groups in total. The van der Waals surface area contributed by atoms with Gasteiger partial charge in [-0.15, -0.1) is 0 Å². The van der Waals surface area contributed by atoms with Crippen LogP contribution in [0.1, 0.15) is 53.8 Å². The molecule has 27 heavy (non-hydrogen) atoms. The molecule has 1 aliphatic heterocycles. The summed E-state index contributed by atoms with van der Waals surface area (Å²) in [6.45, 7) is 4.07. The maximum atomic E-state index is 12.3. The Labute approximate surface area is 163 Å². The minimum Gasteiger partial charge on any atom is -0.358 e. The highest BCUT2D eigenvalue weighted by molar-refractivity contribution is 7.80. The number of rotatable bonds is 3. The Morgan fingerprint density at radius 1 is 1.11 bits per heavy atom. The van der Waals surface area contributed by atoms with Crippen molar-refractivity contribution in [1.82, 2.24) is 21.1 Å². The van der Waals surface area contributed by atoms with Crippen molar-refractivity contribution >= 4 is 35.1 Å². The first kappa shape index (κ1) is 19.3. The van der Waals surface area contributed by atoms with Crippen LogP contribution >= 0.6 is 12.2 Å². The average molecular weight is 388 g/mol. The second kappa shape index (κ2) is 8.04. The molecule has 3 atom stereocenters. The van der Waals surface area contributed by atoms with Gasteiger partial charge in [0.2, 0.25) is 0 Å². The molecule has 7 nitrogen and oxygen atoms in total. The minimum atomic E-state index is -0.515. The summed E-state index contributed by atoms with van der Waals surface area (Å²) in [5, 5.41) is 3.57. The zero-order chi connectivity index (χ0) is 19.6. The van der Waals surface area contributed by atoms with Crippen LogP contribution in [0.25, 0.3) is 0 Å². The maximum Gasteiger partial charge on any atom is 0.262 e. The quantitative estimate of drug-likeness (QED) is 0.414.